The van der Waals surface area contributed by atoms with Gasteiger partial charge in [-0.1, -0.05) is 26.8 Å². The summed E-state index contributed by atoms with van der Waals surface area (Å²) in [4.78, 5) is 0. The molecular formula is C24H33NO4. The number of hydrogen-bond acceptors (Lipinski definition) is 5. The minimum Gasteiger partial charge on any atom is -0.504 e. The highest BCUT2D eigenvalue weighted by molar-refractivity contribution is 5.64. The first-order valence-corrected chi connectivity index (χ1v) is 11.1. The smallest absolute Gasteiger partial charge is 0.165 e. The second kappa shape index (κ2) is 4.95. The summed E-state index contributed by atoms with van der Waals surface area (Å²) in [5.74, 6) is 0.886. The number of phenols is 1. The molecule has 5 heteroatoms. The predicted molar refractivity (Wildman–Crippen MR) is 109 cm³/mol. The van der Waals surface area contributed by atoms with Crippen LogP contribution in [0.25, 0.3) is 0 Å². The molecule has 5 aliphatic rings. The summed E-state index contributed by atoms with van der Waals surface area (Å²) in [7, 11) is 1.79. The van der Waals surface area contributed by atoms with E-state index in [2.05, 4.69) is 32.2 Å². The third-order valence-electron chi connectivity index (χ3n) is 10.0. The number of aromatic hydroxyl groups is 1. The van der Waals surface area contributed by atoms with E-state index in [0.717, 1.165) is 32.2 Å². The lowest BCUT2D eigenvalue weighted by atomic mass is 9.46. The standard InChI is InChI=1S/C24H33NO4/c1-20(2,3)21(4,27)15-11-22-12-24(15,28-5)19-23(22)8-9-25-16(22)10-13-6-7-14(26)18(29-19)17(13)23/h6-7,15-16,19,25-27H,8-12H2,1-5H3/t15-,16?,19-,21+,22+,23?,24-/m1/s1. The van der Waals surface area contributed by atoms with Gasteiger partial charge >= 0.3 is 0 Å². The van der Waals surface area contributed by atoms with Gasteiger partial charge < -0.3 is 25.0 Å². The van der Waals surface area contributed by atoms with Crippen LogP contribution in [0.5, 0.6) is 11.5 Å². The van der Waals surface area contributed by atoms with Crippen LogP contribution in [-0.4, -0.2) is 47.2 Å². The van der Waals surface area contributed by atoms with Crippen molar-refractivity contribution in [2.45, 2.75) is 82.1 Å². The number of benzene rings is 1. The number of nitrogens with one attached hydrogen (secondary N) is 1. The molecule has 2 unspecified atom stereocenters. The van der Waals surface area contributed by atoms with Crippen molar-refractivity contribution in [3.05, 3.63) is 23.3 Å². The number of phenolic OH excluding ortho intramolecular Hbond substituents is 1. The number of methoxy groups -OCH3 is 1. The van der Waals surface area contributed by atoms with Crippen molar-refractivity contribution in [3.63, 3.8) is 0 Å². The van der Waals surface area contributed by atoms with E-state index in [9.17, 15) is 10.2 Å². The van der Waals surface area contributed by atoms with Gasteiger partial charge in [-0.05, 0) is 56.2 Å². The van der Waals surface area contributed by atoms with E-state index >= 15 is 0 Å². The van der Waals surface area contributed by atoms with Gasteiger partial charge in [0.1, 0.15) is 11.7 Å². The Hall–Kier alpha value is -1.30. The Morgan fingerprint density at radius 1 is 1.24 bits per heavy atom. The van der Waals surface area contributed by atoms with E-state index in [0.29, 0.717) is 11.8 Å². The first-order valence-electron chi connectivity index (χ1n) is 11.1. The molecule has 7 atom stereocenters. The summed E-state index contributed by atoms with van der Waals surface area (Å²) in [6.07, 6.45) is 3.61. The Labute approximate surface area is 172 Å². The molecule has 158 valence electrons. The highest BCUT2D eigenvalue weighted by Gasteiger charge is 2.86. The van der Waals surface area contributed by atoms with E-state index in [-0.39, 0.29) is 34.0 Å². The molecule has 2 saturated carbocycles. The third-order valence-corrected chi connectivity index (χ3v) is 10.0. The quantitative estimate of drug-likeness (QED) is 0.713. The number of hydrogen-bond donors (Lipinski definition) is 3. The van der Waals surface area contributed by atoms with Crippen molar-refractivity contribution < 1.29 is 19.7 Å². The largest absolute Gasteiger partial charge is 0.504 e. The topological polar surface area (TPSA) is 71.0 Å². The molecular weight excluding hydrogens is 366 g/mol. The van der Waals surface area contributed by atoms with Crippen LogP contribution >= 0.6 is 0 Å². The summed E-state index contributed by atoms with van der Waals surface area (Å²) in [6, 6.07) is 4.22. The Morgan fingerprint density at radius 2 is 2.00 bits per heavy atom. The van der Waals surface area contributed by atoms with Gasteiger partial charge in [0, 0.05) is 35.5 Å². The molecule has 1 aromatic rings. The highest BCUT2D eigenvalue weighted by atomic mass is 16.6. The zero-order chi connectivity index (χ0) is 20.6. The molecule has 0 amide bonds. The number of fused-ring (bicyclic) bond motifs is 2. The summed E-state index contributed by atoms with van der Waals surface area (Å²) < 4.78 is 13.1. The van der Waals surface area contributed by atoms with Crippen LogP contribution in [0.3, 0.4) is 0 Å². The molecule has 0 aromatic heterocycles. The van der Waals surface area contributed by atoms with Gasteiger partial charge in [0.15, 0.2) is 11.5 Å². The molecule has 0 radical (unpaired) electrons. The van der Waals surface area contributed by atoms with Gasteiger partial charge in [-0.3, -0.25) is 0 Å². The number of rotatable bonds is 2. The summed E-state index contributed by atoms with van der Waals surface area (Å²) in [6.45, 7) is 9.29. The van der Waals surface area contributed by atoms with Crippen LogP contribution in [0.4, 0.5) is 0 Å². The maximum atomic E-state index is 11.8. The molecule has 29 heavy (non-hydrogen) atoms. The fourth-order valence-electron chi connectivity index (χ4n) is 8.33. The summed E-state index contributed by atoms with van der Waals surface area (Å²) in [5.41, 5.74) is 0.655. The maximum Gasteiger partial charge on any atom is 0.165 e. The van der Waals surface area contributed by atoms with Crippen molar-refractivity contribution in [2.75, 3.05) is 13.7 Å². The molecule has 3 aliphatic carbocycles. The summed E-state index contributed by atoms with van der Waals surface area (Å²) >= 11 is 0. The average molecular weight is 400 g/mol. The zero-order valence-corrected chi connectivity index (χ0v) is 18.1. The number of ether oxygens (including phenoxy) is 2. The van der Waals surface area contributed by atoms with E-state index in [4.69, 9.17) is 9.47 Å². The molecule has 4 bridgehead atoms. The summed E-state index contributed by atoms with van der Waals surface area (Å²) in [5, 5.41) is 26.4. The van der Waals surface area contributed by atoms with Crippen molar-refractivity contribution >= 4 is 0 Å². The van der Waals surface area contributed by atoms with Crippen molar-refractivity contribution in [3.8, 4) is 11.5 Å². The molecule has 2 aliphatic heterocycles. The van der Waals surface area contributed by atoms with Crippen molar-refractivity contribution in [1.29, 1.82) is 0 Å². The Bertz CT molecular complexity index is 920. The number of piperidine rings is 1. The van der Waals surface area contributed by atoms with Gasteiger partial charge in [-0.2, -0.15) is 0 Å². The van der Waals surface area contributed by atoms with Crippen LogP contribution in [0.15, 0.2) is 12.1 Å². The number of aliphatic hydroxyl groups is 1. The first-order chi connectivity index (χ1) is 13.6. The molecule has 1 saturated heterocycles. The normalized spacial score (nSPS) is 45.7. The van der Waals surface area contributed by atoms with Gasteiger partial charge in [-0.15, -0.1) is 0 Å². The van der Waals surface area contributed by atoms with Gasteiger partial charge in [0.25, 0.3) is 0 Å². The lowest BCUT2D eigenvalue weighted by Crippen LogP contribution is -2.71. The van der Waals surface area contributed by atoms with Gasteiger partial charge in [0.2, 0.25) is 0 Å². The fraction of sp³-hybridized carbons (Fsp3) is 0.750. The zero-order valence-electron chi connectivity index (χ0n) is 18.1. The molecule has 6 rings (SSSR count). The van der Waals surface area contributed by atoms with Crippen LogP contribution in [0.1, 0.15) is 58.1 Å². The van der Waals surface area contributed by atoms with Crippen molar-refractivity contribution in [1.82, 2.24) is 5.32 Å². The third kappa shape index (κ3) is 1.67. The van der Waals surface area contributed by atoms with E-state index < -0.39 is 11.2 Å². The van der Waals surface area contributed by atoms with Crippen LogP contribution in [0.2, 0.25) is 0 Å². The maximum absolute atomic E-state index is 11.8. The van der Waals surface area contributed by atoms with Crippen LogP contribution in [0, 0.1) is 16.7 Å². The van der Waals surface area contributed by atoms with E-state index in [1.165, 1.54) is 11.1 Å². The average Bonchev–Trinajstić information content (AvgIpc) is 3.24. The molecule has 3 N–H and O–H groups in total. The molecule has 2 spiro atoms. The van der Waals surface area contributed by atoms with Gasteiger partial charge in [0.05, 0.1) is 5.60 Å². The Kier molecular flexibility index (Phi) is 3.15. The molecule has 5 nitrogen and oxygen atoms in total. The molecule has 3 fully saturated rings. The first kappa shape index (κ1) is 18.5. The predicted octanol–water partition coefficient (Wildman–Crippen LogP) is 2.90. The van der Waals surface area contributed by atoms with E-state index in [1.807, 2.05) is 6.92 Å². The van der Waals surface area contributed by atoms with Crippen LogP contribution < -0.4 is 10.1 Å². The van der Waals surface area contributed by atoms with Crippen LogP contribution in [-0.2, 0) is 16.6 Å². The Balaban J connectivity index is 1.63. The van der Waals surface area contributed by atoms with Gasteiger partial charge in [-0.25, -0.2) is 0 Å². The minimum atomic E-state index is -0.900. The Morgan fingerprint density at radius 3 is 2.69 bits per heavy atom. The molecule has 2 heterocycles. The molecule has 1 aromatic carbocycles. The second-order valence-corrected chi connectivity index (χ2v) is 11.5. The highest BCUT2D eigenvalue weighted by Crippen LogP contribution is 2.80. The second-order valence-electron chi connectivity index (χ2n) is 11.5. The monoisotopic (exact) mass is 399 g/mol. The lowest BCUT2D eigenvalue weighted by Gasteiger charge is -2.61. The minimum absolute atomic E-state index is 0.0160. The fourth-order valence-corrected chi connectivity index (χ4v) is 8.33. The SMILES string of the molecule is CO[C@]12C[C@@]3(C[C@@H]1[C@](C)(O)C(C)(C)C)C1Cc4ccc(O)c5c4C3(CCN1)[C@H]2O5. The lowest BCUT2D eigenvalue weighted by molar-refractivity contribution is -0.208. The van der Waals surface area contributed by atoms with Crippen molar-refractivity contribution in [2.24, 2.45) is 16.7 Å². The van der Waals surface area contributed by atoms with E-state index in [1.54, 1.807) is 13.2 Å².